The van der Waals surface area contributed by atoms with Crippen molar-refractivity contribution in [3.8, 4) is 0 Å². The van der Waals surface area contributed by atoms with Crippen molar-refractivity contribution in [3.05, 3.63) is 33.3 Å². The summed E-state index contributed by atoms with van der Waals surface area (Å²) in [6.07, 6.45) is 0.715. The zero-order valence-electron chi connectivity index (χ0n) is 15.1. The number of aromatic nitrogens is 2. The maximum atomic E-state index is 12.3. The van der Waals surface area contributed by atoms with E-state index in [0.29, 0.717) is 30.9 Å². The fourth-order valence-electron chi connectivity index (χ4n) is 3.21. The maximum Gasteiger partial charge on any atom is 0.237 e. The van der Waals surface area contributed by atoms with E-state index in [-0.39, 0.29) is 30.3 Å². The standard InChI is InChI=1S/C17H23N5O3S/c1-10-4-5-26-15(10)9-22-8-12(6-14(22)17(24)18-3)19-16(23)7-13-11(2)20-25-21-13/h4-5,12,14H,6-9H2,1-3H3,(H,18,24)(H,19,23)/t12-,14+/m1/s1. The van der Waals surface area contributed by atoms with Gasteiger partial charge in [-0.25, -0.2) is 4.63 Å². The third kappa shape index (κ3) is 4.10. The van der Waals surface area contributed by atoms with E-state index in [9.17, 15) is 9.59 Å². The summed E-state index contributed by atoms with van der Waals surface area (Å²) < 4.78 is 4.63. The number of likely N-dealkylation sites (tertiary alicyclic amines) is 1. The Morgan fingerprint density at radius 2 is 2.19 bits per heavy atom. The molecular weight excluding hydrogens is 354 g/mol. The predicted octanol–water partition coefficient (Wildman–Crippen LogP) is 0.796. The summed E-state index contributed by atoms with van der Waals surface area (Å²) in [6, 6.07) is 1.76. The van der Waals surface area contributed by atoms with E-state index in [1.807, 2.05) is 0 Å². The number of amides is 2. The first-order chi connectivity index (χ1) is 12.5. The van der Waals surface area contributed by atoms with Gasteiger partial charge in [0.15, 0.2) is 0 Å². The van der Waals surface area contributed by atoms with E-state index in [1.165, 1.54) is 10.4 Å². The summed E-state index contributed by atoms with van der Waals surface area (Å²) >= 11 is 1.69. The predicted molar refractivity (Wildman–Crippen MR) is 96.6 cm³/mol. The second-order valence-corrected chi connectivity index (χ2v) is 7.56. The number of carbonyl (C=O) groups is 2. The van der Waals surface area contributed by atoms with Crippen molar-refractivity contribution in [2.45, 2.75) is 45.3 Å². The molecule has 1 aliphatic rings. The molecule has 2 N–H and O–H groups in total. The van der Waals surface area contributed by atoms with Gasteiger partial charge in [0.2, 0.25) is 11.8 Å². The SMILES string of the molecule is CNC(=O)[C@@H]1C[C@@H](NC(=O)Cc2nonc2C)CN1Cc1sccc1C. The normalized spacial score (nSPS) is 20.3. The third-order valence-electron chi connectivity index (χ3n) is 4.71. The van der Waals surface area contributed by atoms with Gasteiger partial charge in [-0.15, -0.1) is 11.3 Å². The fraction of sp³-hybridized carbons (Fsp3) is 0.529. The Bertz CT molecular complexity index is 787. The second kappa shape index (κ2) is 7.96. The molecule has 2 aromatic rings. The summed E-state index contributed by atoms with van der Waals surface area (Å²) in [5.41, 5.74) is 2.38. The molecule has 0 bridgehead atoms. The monoisotopic (exact) mass is 377 g/mol. The highest BCUT2D eigenvalue weighted by atomic mass is 32.1. The number of hydrogen-bond acceptors (Lipinski definition) is 7. The molecule has 0 radical (unpaired) electrons. The number of likely N-dealkylation sites (N-methyl/N-ethyl adjacent to an activating group) is 1. The average Bonchev–Trinajstić information content (AvgIpc) is 3.30. The highest BCUT2D eigenvalue weighted by Crippen LogP contribution is 2.25. The van der Waals surface area contributed by atoms with E-state index in [4.69, 9.17) is 0 Å². The van der Waals surface area contributed by atoms with Crippen LogP contribution in [0.1, 0.15) is 28.2 Å². The first kappa shape index (κ1) is 18.5. The van der Waals surface area contributed by atoms with Crippen molar-refractivity contribution in [2.75, 3.05) is 13.6 Å². The van der Waals surface area contributed by atoms with Gasteiger partial charge in [-0.05, 0) is 37.3 Å². The van der Waals surface area contributed by atoms with E-state index >= 15 is 0 Å². The van der Waals surface area contributed by atoms with Crippen LogP contribution in [-0.4, -0.2) is 52.7 Å². The van der Waals surface area contributed by atoms with Crippen molar-refractivity contribution in [2.24, 2.45) is 0 Å². The number of hydrogen-bond donors (Lipinski definition) is 2. The summed E-state index contributed by atoms with van der Waals surface area (Å²) in [5, 5.41) is 15.2. The summed E-state index contributed by atoms with van der Waals surface area (Å²) in [4.78, 5) is 28.0. The van der Waals surface area contributed by atoms with Crippen molar-refractivity contribution in [1.29, 1.82) is 0 Å². The number of carbonyl (C=O) groups excluding carboxylic acids is 2. The number of nitrogens with zero attached hydrogens (tertiary/aromatic N) is 3. The van der Waals surface area contributed by atoms with E-state index in [2.05, 4.69) is 48.8 Å². The number of thiophene rings is 1. The third-order valence-corrected chi connectivity index (χ3v) is 5.71. The molecule has 2 amide bonds. The fourth-order valence-corrected chi connectivity index (χ4v) is 4.14. The zero-order chi connectivity index (χ0) is 18.7. The van der Waals surface area contributed by atoms with Crippen molar-refractivity contribution in [1.82, 2.24) is 25.8 Å². The molecule has 0 saturated carbocycles. The lowest BCUT2D eigenvalue weighted by atomic mass is 10.1. The van der Waals surface area contributed by atoms with Crippen molar-refractivity contribution >= 4 is 23.2 Å². The Morgan fingerprint density at radius 3 is 2.81 bits per heavy atom. The molecule has 0 aliphatic carbocycles. The molecule has 1 aliphatic heterocycles. The highest BCUT2D eigenvalue weighted by molar-refractivity contribution is 7.10. The molecule has 2 atom stereocenters. The lowest BCUT2D eigenvalue weighted by Gasteiger charge is -2.22. The van der Waals surface area contributed by atoms with Gasteiger partial charge in [-0.3, -0.25) is 14.5 Å². The molecule has 3 heterocycles. The first-order valence-corrected chi connectivity index (χ1v) is 9.42. The van der Waals surface area contributed by atoms with Gasteiger partial charge in [-0.2, -0.15) is 0 Å². The van der Waals surface area contributed by atoms with Crippen molar-refractivity contribution in [3.63, 3.8) is 0 Å². The minimum Gasteiger partial charge on any atom is -0.358 e. The molecule has 9 heteroatoms. The van der Waals surface area contributed by atoms with Crippen LogP contribution in [0.2, 0.25) is 0 Å². The summed E-state index contributed by atoms with van der Waals surface area (Å²) in [6.45, 7) is 5.17. The zero-order valence-corrected chi connectivity index (χ0v) is 15.9. The number of nitrogens with one attached hydrogen (secondary N) is 2. The van der Waals surface area contributed by atoms with Crippen LogP contribution in [0.25, 0.3) is 0 Å². The minimum atomic E-state index is -0.248. The summed E-state index contributed by atoms with van der Waals surface area (Å²) in [5.74, 6) is -0.161. The summed E-state index contributed by atoms with van der Waals surface area (Å²) in [7, 11) is 1.64. The Labute approximate surface area is 155 Å². The molecular formula is C17H23N5O3S. The Kier molecular flexibility index (Phi) is 5.67. The molecule has 1 saturated heterocycles. The largest absolute Gasteiger partial charge is 0.358 e. The lowest BCUT2D eigenvalue weighted by Crippen LogP contribution is -2.41. The van der Waals surface area contributed by atoms with Gasteiger partial charge in [0, 0.05) is 31.1 Å². The molecule has 0 unspecified atom stereocenters. The van der Waals surface area contributed by atoms with Gasteiger partial charge in [0.1, 0.15) is 11.4 Å². The maximum absolute atomic E-state index is 12.3. The quantitative estimate of drug-likeness (QED) is 0.772. The Morgan fingerprint density at radius 1 is 1.38 bits per heavy atom. The number of rotatable bonds is 6. The molecule has 0 spiro atoms. The first-order valence-electron chi connectivity index (χ1n) is 8.54. The Hall–Kier alpha value is -2.26. The van der Waals surface area contributed by atoms with E-state index < -0.39 is 0 Å². The molecule has 26 heavy (non-hydrogen) atoms. The van der Waals surface area contributed by atoms with Gasteiger partial charge in [0.05, 0.1) is 12.5 Å². The van der Waals surface area contributed by atoms with Gasteiger partial charge < -0.3 is 10.6 Å². The smallest absolute Gasteiger partial charge is 0.237 e. The van der Waals surface area contributed by atoms with Crippen LogP contribution in [0.5, 0.6) is 0 Å². The van der Waals surface area contributed by atoms with Crippen LogP contribution in [0.15, 0.2) is 16.1 Å². The van der Waals surface area contributed by atoms with Gasteiger partial charge in [-0.1, -0.05) is 10.3 Å². The molecule has 2 aromatic heterocycles. The molecule has 8 nitrogen and oxygen atoms in total. The molecule has 1 fully saturated rings. The van der Waals surface area contributed by atoms with Crippen LogP contribution in [0.4, 0.5) is 0 Å². The Balaban J connectivity index is 1.63. The van der Waals surface area contributed by atoms with Crippen LogP contribution in [0.3, 0.4) is 0 Å². The topological polar surface area (TPSA) is 100 Å². The number of aryl methyl sites for hydroxylation is 2. The lowest BCUT2D eigenvalue weighted by molar-refractivity contribution is -0.125. The van der Waals surface area contributed by atoms with Crippen LogP contribution in [0, 0.1) is 13.8 Å². The van der Waals surface area contributed by atoms with E-state index in [1.54, 1.807) is 25.3 Å². The highest BCUT2D eigenvalue weighted by Gasteiger charge is 2.37. The molecule has 0 aromatic carbocycles. The van der Waals surface area contributed by atoms with E-state index in [0.717, 1.165) is 0 Å². The second-order valence-electron chi connectivity index (χ2n) is 6.56. The van der Waals surface area contributed by atoms with Crippen LogP contribution < -0.4 is 10.6 Å². The van der Waals surface area contributed by atoms with Crippen molar-refractivity contribution < 1.29 is 14.2 Å². The molecule has 140 valence electrons. The van der Waals surface area contributed by atoms with Crippen LogP contribution in [-0.2, 0) is 22.6 Å². The molecule has 3 rings (SSSR count). The van der Waals surface area contributed by atoms with Gasteiger partial charge >= 0.3 is 0 Å². The van der Waals surface area contributed by atoms with Crippen LogP contribution >= 0.6 is 11.3 Å². The minimum absolute atomic E-state index is 0.0208. The van der Waals surface area contributed by atoms with Gasteiger partial charge in [0.25, 0.3) is 0 Å². The average molecular weight is 377 g/mol.